The average molecular weight is 262 g/mol. The van der Waals surface area contributed by atoms with Crippen molar-refractivity contribution in [3.05, 3.63) is 35.8 Å². The van der Waals surface area contributed by atoms with Gasteiger partial charge in [-0.25, -0.2) is 19.7 Å². The van der Waals surface area contributed by atoms with E-state index >= 15 is 0 Å². The van der Waals surface area contributed by atoms with Crippen LogP contribution in [-0.4, -0.2) is 26.0 Å². The molecular formula is C11H10N4O2S. The van der Waals surface area contributed by atoms with Crippen LogP contribution in [0.3, 0.4) is 0 Å². The lowest BCUT2D eigenvalue weighted by molar-refractivity contribution is 0.0690. The highest BCUT2D eigenvalue weighted by Gasteiger charge is 2.11. The Kier molecular flexibility index (Phi) is 3.42. The maximum atomic E-state index is 10.8. The highest BCUT2D eigenvalue weighted by atomic mass is 32.2. The van der Waals surface area contributed by atoms with E-state index in [1.807, 2.05) is 6.92 Å². The summed E-state index contributed by atoms with van der Waals surface area (Å²) in [6.07, 6.45) is 1.63. The van der Waals surface area contributed by atoms with Crippen LogP contribution in [0.5, 0.6) is 0 Å². The molecule has 0 saturated carbocycles. The summed E-state index contributed by atoms with van der Waals surface area (Å²) in [6.45, 7) is 1.84. The summed E-state index contributed by atoms with van der Waals surface area (Å²) in [5, 5.41) is 9.74. The molecule has 0 spiro atoms. The summed E-state index contributed by atoms with van der Waals surface area (Å²) in [5.41, 5.74) is 6.91. The SMILES string of the molecule is Cc1ccnc(Sc2nc(C(=O)O)ccc2N)n1. The quantitative estimate of drug-likeness (QED) is 0.810. The molecule has 2 aromatic heterocycles. The molecule has 0 aliphatic heterocycles. The fourth-order valence-electron chi connectivity index (χ4n) is 1.21. The Morgan fingerprint density at radius 3 is 2.78 bits per heavy atom. The van der Waals surface area contributed by atoms with E-state index in [2.05, 4.69) is 15.0 Å². The van der Waals surface area contributed by atoms with Gasteiger partial charge in [-0.2, -0.15) is 0 Å². The molecular weight excluding hydrogens is 252 g/mol. The summed E-state index contributed by atoms with van der Waals surface area (Å²) >= 11 is 1.14. The molecule has 0 atom stereocenters. The maximum absolute atomic E-state index is 10.8. The minimum absolute atomic E-state index is 0.0562. The molecule has 0 aromatic carbocycles. The van der Waals surface area contributed by atoms with Crippen LogP contribution in [0.2, 0.25) is 0 Å². The number of nitrogens with zero attached hydrogens (tertiary/aromatic N) is 3. The molecule has 0 radical (unpaired) electrons. The Labute approximate surface area is 107 Å². The van der Waals surface area contributed by atoms with Crippen molar-refractivity contribution in [2.24, 2.45) is 0 Å². The Balaban J connectivity index is 2.33. The third-order valence-electron chi connectivity index (χ3n) is 2.07. The number of hydrogen-bond acceptors (Lipinski definition) is 6. The van der Waals surface area contributed by atoms with Crippen molar-refractivity contribution in [2.75, 3.05) is 5.73 Å². The number of carbonyl (C=O) groups is 1. The van der Waals surface area contributed by atoms with Crippen molar-refractivity contribution >= 4 is 23.4 Å². The molecule has 0 amide bonds. The zero-order valence-electron chi connectivity index (χ0n) is 9.49. The lowest BCUT2D eigenvalue weighted by atomic mass is 10.3. The third kappa shape index (κ3) is 2.75. The lowest BCUT2D eigenvalue weighted by Crippen LogP contribution is -2.03. The summed E-state index contributed by atoms with van der Waals surface area (Å²) in [7, 11) is 0. The predicted octanol–water partition coefficient (Wildman–Crippen LogP) is 1.61. The molecule has 0 bridgehead atoms. The maximum Gasteiger partial charge on any atom is 0.354 e. The Morgan fingerprint density at radius 1 is 1.33 bits per heavy atom. The first-order valence-electron chi connectivity index (χ1n) is 5.03. The number of rotatable bonds is 3. The number of nitrogen functional groups attached to an aromatic ring is 1. The molecule has 3 N–H and O–H groups in total. The van der Waals surface area contributed by atoms with Crippen LogP contribution in [0.15, 0.2) is 34.6 Å². The van der Waals surface area contributed by atoms with Gasteiger partial charge in [-0.3, -0.25) is 0 Å². The van der Waals surface area contributed by atoms with E-state index in [-0.39, 0.29) is 5.69 Å². The first-order valence-corrected chi connectivity index (χ1v) is 5.85. The van der Waals surface area contributed by atoms with Crippen LogP contribution in [-0.2, 0) is 0 Å². The normalized spacial score (nSPS) is 10.3. The van der Waals surface area contributed by atoms with Crippen molar-refractivity contribution in [3.8, 4) is 0 Å². The standard InChI is InChI=1S/C11H10N4O2S/c1-6-4-5-13-11(14-6)18-9-7(12)2-3-8(15-9)10(16)17/h2-5H,12H2,1H3,(H,16,17). The van der Waals surface area contributed by atoms with Crippen molar-refractivity contribution in [2.45, 2.75) is 17.1 Å². The van der Waals surface area contributed by atoms with Gasteiger partial charge in [0.15, 0.2) is 5.16 Å². The molecule has 0 saturated heterocycles. The first-order chi connectivity index (χ1) is 8.56. The number of nitrogens with two attached hydrogens (primary N) is 1. The van der Waals surface area contributed by atoms with Gasteiger partial charge >= 0.3 is 5.97 Å². The topological polar surface area (TPSA) is 102 Å². The summed E-state index contributed by atoms with van der Waals surface area (Å²) in [4.78, 5) is 23.0. The average Bonchev–Trinajstić information content (AvgIpc) is 2.31. The number of carboxylic acids is 1. The van der Waals surface area contributed by atoms with E-state index in [0.29, 0.717) is 15.9 Å². The molecule has 7 heteroatoms. The van der Waals surface area contributed by atoms with Crippen LogP contribution in [0.1, 0.15) is 16.2 Å². The number of aromatic carboxylic acids is 1. The van der Waals surface area contributed by atoms with E-state index in [1.54, 1.807) is 12.3 Å². The molecule has 0 unspecified atom stereocenters. The second-order valence-corrected chi connectivity index (χ2v) is 4.43. The number of hydrogen-bond donors (Lipinski definition) is 2. The molecule has 2 heterocycles. The molecule has 2 rings (SSSR count). The van der Waals surface area contributed by atoms with E-state index in [1.165, 1.54) is 12.1 Å². The first kappa shape index (κ1) is 12.3. The fraction of sp³-hybridized carbons (Fsp3) is 0.0909. The van der Waals surface area contributed by atoms with E-state index in [0.717, 1.165) is 17.5 Å². The summed E-state index contributed by atoms with van der Waals surface area (Å²) in [6, 6.07) is 4.64. The Hall–Kier alpha value is -2.15. The molecule has 0 aliphatic rings. The van der Waals surface area contributed by atoms with Gasteiger partial charge in [0.25, 0.3) is 0 Å². The summed E-state index contributed by atoms with van der Waals surface area (Å²) < 4.78 is 0. The van der Waals surface area contributed by atoms with Crippen LogP contribution in [0.25, 0.3) is 0 Å². The molecule has 0 aliphatic carbocycles. The van der Waals surface area contributed by atoms with Crippen LogP contribution < -0.4 is 5.73 Å². The lowest BCUT2D eigenvalue weighted by Gasteiger charge is -2.04. The number of anilines is 1. The van der Waals surface area contributed by atoms with Gasteiger partial charge < -0.3 is 10.8 Å². The van der Waals surface area contributed by atoms with E-state index in [9.17, 15) is 4.79 Å². The third-order valence-corrected chi connectivity index (χ3v) is 2.97. The monoisotopic (exact) mass is 262 g/mol. The molecule has 0 fully saturated rings. The zero-order valence-corrected chi connectivity index (χ0v) is 10.3. The predicted molar refractivity (Wildman–Crippen MR) is 66.5 cm³/mol. The molecule has 92 valence electrons. The zero-order chi connectivity index (χ0) is 13.1. The second-order valence-electron chi connectivity index (χ2n) is 3.48. The Bertz CT molecular complexity index is 603. The van der Waals surface area contributed by atoms with Crippen LogP contribution in [0, 0.1) is 6.92 Å². The Morgan fingerprint density at radius 2 is 2.11 bits per heavy atom. The molecule has 2 aromatic rings. The van der Waals surface area contributed by atoms with Crippen molar-refractivity contribution in [3.63, 3.8) is 0 Å². The van der Waals surface area contributed by atoms with Gasteiger partial charge in [-0.1, -0.05) is 0 Å². The van der Waals surface area contributed by atoms with Crippen LogP contribution >= 0.6 is 11.8 Å². The minimum Gasteiger partial charge on any atom is -0.477 e. The second kappa shape index (κ2) is 5.01. The molecule has 18 heavy (non-hydrogen) atoms. The minimum atomic E-state index is -1.10. The van der Waals surface area contributed by atoms with E-state index < -0.39 is 5.97 Å². The highest BCUT2D eigenvalue weighted by Crippen LogP contribution is 2.27. The molecule has 6 nitrogen and oxygen atoms in total. The highest BCUT2D eigenvalue weighted by molar-refractivity contribution is 7.99. The van der Waals surface area contributed by atoms with Gasteiger partial charge in [-0.05, 0) is 36.9 Å². The van der Waals surface area contributed by atoms with Gasteiger partial charge in [0.2, 0.25) is 0 Å². The fourth-order valence-corrected chi connectivity index (χ4v) is 2.02. The van der Waals surface area contributed by atoms with Crippen molar-refractivity contribution in [1.82, 2.24) is 15.0 Å². The number of aromatic nitrogens is 3. The number of carboxylic acid groups (broad SMARTS) is 1. The van der Waals surface area contributed by atoms with Crippen molar-refractivity contribution < 1.29 is 9.90 Å². The largest absolute Gasteiger partial charge is 0.477 e. The number of aryl methyl sites for hydroxylation is 1. The van der Waals surface area contributed by atoms with Gasteiger partial charge in [0.05, 0.1) is 5.69 Å². The van der Waals surface area contributed by atoms with Crippen molar-refractivity contribution in [1.29, 1.82) is 0 Å². The smallest absolute Gasteiger partial charge is 0.354 e. The van der Waals surface area contributed by atoms with Crippen LogP contribution in [0.4, 0.5) is 5.69 Å². The van der Waals surface area contributed by atoms with Gasteiger partial charge in [0, 0.05) is 11.9 Å². The summed E-state index contributed by atoms with van der Waals surface area (Å²) in [5.74, 6) is -1.10. The van der Waals surface area contributed by atoms with E-state index in [4.69, 9.17) is 10.8 Å². The van der Waals surface area contributed by atoms with Gasteiger partial charge in [0.1, 0.15) is 10.7 Å². The number of pyridine rings is 1. The van der Waals surface area contributed by atoms with Gasteiger partial charge in [-0.15, -0.1) is 0 Å².